The van der Waals surface area contributed by atoms with Gasteiger partial charge in [0, 0.05) is 24.7 Å². The van der Waals surface area contributed by atoms with Crippen molar-refractivity contribution >= 4 is 21.6 Å². The van der Waals surface area contributed by atoms with E-state index in [-0.39, 0.29) is 17.3 Å². The van der Waals surface area contributed by atoms with E-state index in [1.807, 2.05) is 0 Å². The number of ether oxygens (including phenoxy) is 2. The maximum Gasteiger partial charge on any atom is 0.240 e. The van der Waals surface area contributed by atoms with Crippen LogP contribution in [0.4, 0.5) is 5.69 Å². The normalized spacial score (nSPS) is 11.0. The molecule has 0 aliphatic rings. The molecule has 8 heteroatoms. The van der Waals surface area contributed by atoms with Gasteiger partial charge in [0.25, 0.3) is 0 Å². The summed E-state index contributed by atoms with van der Waals surface area (Å²) in [4.78, 5) is 11.1. The molecule has 2 rings (SSSR count). The first-order valence-corrected chi connectivity index (χ1v) is 8.92. The van der Waals surface area contributed by atoms with Crippen LogP contribution in [0.25, 0.3) is 0 Å². The second kappa shape index (κ2) is 8.00. The molecule has 0 unspecified atom stereocenters. The Morgan fingerprint density at radius 2 is 1.72 bits per heavy atom. The number of anilines is 1. The number of rotatable bonds is 7. The lowest BCUT2D eigenvalue weighted by molar-refractivity contribution is -0.114. The van der Waals surface area contributed by atoms with E-state index in [9.17, 15) is 13.2 Å². The Morgan fingerprint density at radius 3 is 2.28 bits per heavy atom. The molecule has 0 spiro atoms. The van der Waals surface area contributed by atoms with Gasteiger partial charge in [-0.2, -0.15) is 0 Å². The van der Waals surface area contributed by atoms with Gasteiger partial charge >= 0.3 is 0 Å². The lowest BCUT2D eigenvalue weighted by Gasteiger charge is -2.12. The van der Waals surface area contributed by atoms with Gasteiger partial charge in [0.15, 0.2) is 0 Å². The van der Waals surface area contributed by atoms with Crippen LogP contribution >= 0.6 is 0 Å². The van der Waals surface area contributed by atoms with Crippen molar-refractivity contribution in [2.75, 3.05) is 19.5 Å². The average Bonchev–Trinajstić information content (AvgIpc) is 2.59. The molecule has 0 saturated carbocycles. The number of methoxy groups -OCH3 is 2. The van der Waals surface area contributed by atoms with Gasteiger partial charge in [0.1, 0.15) is 11.5 Å². The highest BCUT2D eigenvalue weighted by Crippen LogP contribution is 2.24. The highest BCUT2D eigenvalue weighted by atomic mass is 32.2. The summed E-state index contributed by atoms with van der Waals surface area (Å²) in [5.41, 5.74) is 1.18. The minimum atomic E-state index is -3.71. The molecule has 0 fully saturated rings. The molecule has 0 aromatic heterocycles. The van der Waals surface area contributed by atoms with Crippen LogP contribution in [0.3, 0.4) is 0 Å². The van der Waals surface area contributed by atoms with Gasteiger partial charge in [-0.05, 0) is 42.5 Å². The summed E-state index contributed by atoms with van der Waals surface area (Å²) in [6, 6.07) is 11.1. The summed E-state index contributed by atoms with van der Waals surface area (Å²) < 4.78 is 37.8. The molecule has 2 aromatic carbocycles. The number of sulfonamides is 1. The van der Waals surface area contributed by atoms with Gasteiger partial charge in [0.2, 0.25) is 15.9 Å². The zero-order chi connectivity index (χ0) is 18.4. The Bertz CT molecular complexity index is 848. The van der Waals surface area contributed by atoms with Crippen LogP contribution in [-0.2, 0) is 21.4 Å². The van der Waals surface area contributed by atoms with Crippen LogP contribution in [-0.4, -0.2) is 28.5 Å². The molecule has 25 heavy (non-hydrogen) atoms. The van der Waals surface area contributed by atoms with Crippen LogP contribution < -0.4 is 19.5 Å². The van der Waals surface area contributed by atoms with Crippen LogP contribution in [0, 0.1) is 0 Å². The molecule has 134 valence electrons. The van der Waals surface area contributed by atoms with E-state index in [1.54, 1.807) is 18.2 Å². The zero-order valence-corrected chi connectivity index (χ0v) is 15.0. The smallest absolute Gasteiger partial charge is 0.240 e. The first kappa shape index (κ1) is 18.8. The first-order chi connectivity index (χ1) is 11.9. The Kier molecular flexibility index (Phi) is 6.00. The maximum absolute atomic E-state index is 12.4. The van der Waals surface area contributed by atoms with Crippen molar-refractivity contribution in [1.29, 1.82) is 0 Å². The highest BCUT2D eigenvalue weighted by Gasteiger charge is 2.15. The summed E-state index contributed by atoms with van der Waals surface area (Å²) >= 11 is 0. The fourth-order valence-corrected chi connectivity index (χ4v) is 3.20. The average molecular weight is 364 g/mol. The highest BCUT2D eigenvalue weighted by molar-refractivity contribution is 7.89. The first-order valence-electron chi connectivity index (χ1n) is 7.44. The summed E-state index contributed by atoms with van der Waals surface area (Å²) in [6.07, 6.45) is 0. The van der Waals surface area contributed by atoms with E-state index in [1.165, 1.54) is 45.4 Å². The lowest BCUT2D eigenvalue weighted by Crippen LogP contribution is -2.23. The number of hydrogen-bond acceptors (Lipinski definition) is 5. The number of nitrogens with one attached hydrogen (secondary N) is 2. The van der Waals surface area contributed by atoms with Crippen molar-refractivity contribution in [2.45, 2.75) is 18.4 Å². The zero-order valence-electron chi connectivity index (χ0n) is 14.2. The molecule has 0 radical (unpaired) electrons. The minimum absolute atomic E-state index is 0.0517. The van der Waals surface area contributed by atoms with Crippen molar-refractivity contribution < 1.29 is 22.7 Å². The minimum Gasteiger partial charge on any atom is -0.497 e. The van der Waals surface area contributed by atoms with Gasteiger partial charge in [-0.25, -0.2) is 13.1 Å². The molecule has 0 saturated heterocycles. The molecule has 0 bridgehead atoms. The molecule has 0 atom stereocenters. The Morgan fingerprint density at radius 1 is 1.04 bits per heavy atom. The van der Waals surface area contributed by atoms with Gasteiger partial charge in [-0.1, -0.05) is 0 Å². The fraction of sp³-hybridized carbons (Fsp3) is 0.235. The van der Waals surface area contributed by atoms with Gasteiger partial charge in [-0.15, -0.1) is 0 Å². The molecule has 0 aliphatic carbocycles. The molecule has 2 aromatic rings. The van der Waals surface area contributed by atoms with Crippen LogP contribution in [0.15, 0.2) is 47.4 Å². The molecule has 7 nitrogen and oxygen atoms in total. The van der Waals surface area contributed by atoms with Crippen molar-refractivity contribution in [3.05, 3.63) is 48.0 Å². The summed E-state index contributed by atoms with van der Waals surface area (Å²) in [7, 11) is -0.659. The number of carbonyl (C=O) groups excluding carboxylic acids is 1. The quantitative estimate of drug-likeness (QED) is 0.785. The molecule has 0 aliphatic heterocycles. The fourth-order valence-electron chi connectivity index (χ4n) is 2.20. The van der Waals surface area contributed by atoms with Crippen molar-refractivity contribution in [3.63, 3.8) is 0 Å². The van der Waals surface area contributed by atoms with E-state index in [0.29, 0.717) is 22.7 Å². The summed E-state index contributed by atoms with van der Waals surface area (Å²) in [5, 5.41) is 2.58. The Balaban J connectivity index is 2.15. The molecule has 1 amide bonds. The standard InChI is InChI=1S/C17H20N2O5S/c1-12(20)19-14-4-7-16(8-5-14)25(21,22)18-11-13-10-15(23-2)6-9-17(13)24-3/h4-10,18H,11H2,1-3H3,(H,19,20). The SMILES string of the molecule is COc1ccc(OC)c(CNS(=O)(=O)c2ccc(NC(C)=O)cc2)c1. The van der Waals surface area contributed by atoms with Crippen LogP contribution in [0.1, 0.15) is 12.5 Å². The molecular weight excluding hydrogens is 344 g/mol. The molecule has 0 heterocycles. The van der Waals surface area contributed by atoms with Crippen LogP contribution in [0.5, 0.6) is 11.5 Å². The van der Waals surface area contributed by atoms with Gasteiger partial charge in [0.05, 0.1) is 19.1 Å². The third-order valence-electron chi connectivity index (χ3n) is 3.43. The summed E-state index contributed by atoms with van der Waals surface area (Å²) in [6.45, 7) is 1.43. The van der Waals surface area contributed by atoms with E-state index >= 15 is 0 Å². The van der Waals surface area contributed by atoms with E-state index in [2.05, 4.69) is 10.0 Å². The van der Waals surface area contributed by atoms with Gasteiger partial charge in [-0.3, -0.25) is 4.79 Å². The van der Waals surface area contributed by atoms with Crippen molar-refractivity contribution in [1.82, 2.24) is 4.72 Å². The van der Waals surface area contributed by atoms with E-state index in [4.69, 9.17) is 9.47 Å². The Hall–Kier alpha value is -2.58. The third-order valence-corrected chi connectivity index (χ3v) is 4.84. The number of carbonyl (C=O) groups is 1. The topological polar surface area (TPSA) is 93.7 Å². The van der Waals surface area contributed by atoms with E-state index in [0.717, 1.165) is 0 Å². The lowest BCUT2D eigenvalue weighted by atomic mass is 10.2. The second-order valence-corrected chi connectivity index (χ2v) is 6.97. The molecule has 2 N–H and O–H groups in total. The monoisotopic (exact) mass is 364 g/mol. The van der Waals surface area contributed by atoms with Crippen molar-refractivity contribution in [2.24, 2.45) is 0 Å². The van der Waals surface area contributed by atoms with E-state index < -0.39 is 10.0 Å². The van der Waals surface area contributed by atoms with Gasteiger partial charge < -0.3 is 14.8 Å². The predicted molar refractivity (Wildman–Crippen MR) is 94.3 cm³/mol. The third kappa shape index (κ3) is 4.94. The number of benzene rings is 2. The molecular formula is C17H20N2O5S. The second-order valence-electron chi connectivity index (χ2n) is 5.21. The summed E-state index contributed by atoms with van der Waals surface area (Å²) in [5.74, 6) is 0.943. The number of hydrogen-bond donors (Lipinski definition) is 2. The maximum atomic E-state index is 12.4. The number of amides is 1. The predicted octanol–water partition coefficient (Wildman–Crippen LogP) is 2.14. The van der Waals surface area contributed by atoms with Crippen molar-refractivity contribution in [3.8, 4) is 11.5 Å². The largest absolute Gasteiger partial charge is 0.497 e. The Labute approximate surface area is 147 Å². The van der Waals surface area contributed by atoms with Crippen LogP contribution in [0.2, 0.25) is 0 Å².